The summed E-state index contributed by atoms with van der Waals surface area (Å²) in [6.45, 7) is 0.321. The average molecular weight is 296 g/mol. The largest absolute Gasteiger partial charge is 0.481 e. The Kier molecular flexibility index (Phi) is 16.1. The van der Waals surface area contributed by atoms with Gasteiger partial charge in [0, 0.05) is 13.0 Å². The molecule has 0 radical (unpaired) electrons. The maximum Gasteiger partial charge on any atom is 0.303 e. The van der Waals surface area contributed by atoms with Gasteiger partial charge < -0.3 is 10.2 Å². The highest BCUT2D eigenvalue weighted by Gasteiger charge is 1.94. The third-order valence-corrected chi connectivity index (χ3v) is 3.37. The van der Waals surface area contributed by atoms with E-state index in [9.17, 15) is 4.79 Å². The standard InChI is InChI=1S/C18H32O3/c19-17-15-13-11-9-7-5-3-1-2-4-6-8-10-12-14-16-18(20)21/h3-6,19H,1-2,7-17H2,(H,20,21)/b5-3-,6-4-. The van der Waals surface area contributed by atoms with Gasteiger partial charge in [0.05, 0.1) is 0 Å². The SMILES string of the molecule is O=C(O)CCCCC/C=C\CC/C=C\CCCCCCO. The molecule has 0 spiro atoms. The van der Waals surface area contributed by atoms with Gasteiger partial charge in [-0.15, -0.1) is 0 Å². The molecular weight excluding hydrogens is 264 g/mol. The minimum atomic E-state index is -0.689. The first kappa shape index (κ1) is 19.9. The Labute approximate surface area is 129 Å². The smallest absolute Gasteiger partial charge is 0.303 e. The van der Waals surface area contributed by atoms with Crippen LogP contribution in [0.15, 0.2) is 24.3 Å². The van der Waals surface area contributed by atoms with Crippen LogP contribution in [0.1, 0.15) is 77.0 Å². The quantitative estimate of drug-likeness (QED) is 0.335. The molecule has 0 aromatic heterocycles. The molecule has 0 aromatic rings. The Bertz CT molecular complexity index is 282. The predicted octanol–water partition coefficient (Wildman–Crippen LogP) is 4.86. The van der Waals surface area contributed by atoms with Crippen molar-refractivity contribution in [3.05, 3.63) is 24.3 Å². The van der Waals surface area contributed by atoms with Gasteiger partial charge in [-0.3, -0.25) is 4.79 Å². The fourth-order valence-electron chi connectivity index (χ4n) is 2.11. The van der Waals surface area contributed by atoms with Crippen LogP contribution < -0.4 is 0 Å². The lowest BCUT2D eigenvalue weighted by Crippen LogP contribution is -1.93. The number of unbranched alkanes of at least 4 members (excludes halogenated alkanes) is 8. The van der Waals surface area contributed by atoms with Gasteiger partial charge in [0.25, 0.3) is 0 Å². The molecule has 0 bridgehead atoms. The molecule has 0 aromatic carbocycles. The second-order valence-corrected chi connectivity index (χ2v) is 5.44. The number of carboxylic acid groups (broad SMARTS) is 1. The second kappa shape index (κ2) is 17.0. The van der Waals surface area contributed by atoms with Crippen LogP contribution in [0.4, 0.5) is 0 Å². The molecule has 3 nitrogen and oxygen atoms in total. The zero-order valence-electron chi connectivity index (χ0n) is 13.3. The van der Waals surface area contributed by atoms with Crippen LogP contribution >= 0.6 is 0 Å². The fourth-order valence-corrected chi connectivity index (χ4v) is 2.11. The number of carbonyl (C=O) groups is 1. The molecule has 0 amide bonds. The van der Waals surface area contributed by atoms with E-state index < -0.39 is 5.97 Å². The molecule has 0 saturated carbocycles. The summed E-state index contributed by atoms with van der Waals surface area (Å²) in [7, 11) is 0. The first-order valence-corrected chi connectivity index (χ1v) is 8.40. The normalized spacial score (nSPS) is 11.7. The van der Waals surface area contributed by atoms with Gasteiger partial charge in [-0.05, 0) is 51.4 Å². The van der Waals surface area contributed by atoms with Crippen molar-refractivity contribution in [2.75, 3.05) is 6.61 Å². The van der Waals surface area contributed by atoms with Gasteiger partial charge >= 0.3 is 5.97 Å². The summed E-state index contributed by atoms with van der Waals surface area (Å²) < 4.78 is 0. The van der Waals surface area contributed by atoms with E-state index in [0.29, 0.717) is 13.0 Å². The number of aliphatic carboxylic acids is 1. The van der Waals surface area contributed by atoms with Gasteiger partial charge in [0.15, 0.2) is 0 Å². The van der Waals surface area contributed by atoms with Crippen LogP contribution in [0.5, 0.6) is 0 Å². The van der Waals surface area contributed by atoms with Crippen molar-refractivity contribution in [3.63, 3.8) is 0 Å². The van der Waals surface area contributed by atoms with Gasteiger partial charge in [-0.2, -0.15) is 0 Å². The molecule has 3 heteroatoms. The van der Waals surface area contributed by atoms with E-state index in [0.717, 1.165) is 57.8 Å². The summed E-state index contributed by atoms with van der Waals surface area (Å²) in [6, 6.07) is 0. The molecule has 0 aliphatic carbocycles. The highest BCUT2D eigenvalue weighted by molar-refractivity contribution is 5.66. The lowest BCUT2D eigenvalue weighted by atomic mass is 10.1. The summed E-state index contributed by atoms with van der Waals surface area (Å²) in [5.74, 6) is -0.689. The zero-order valence-corrected chi connectivity index (χ0v) is 13.3. The summed E-state index contributed by atoms with van der Waals surface area (Å²) in [4.78, 5) is 10.3. The zero-order chi connectivity index (χ0) is 15.6. The molecule has 0 fully saturated rings. The molecular formula is C18H32O3. The minimum Gasteiger partial charge on any atom is -0.481 e. The topological polar surface area (TPSA) is 57.5 Å². The molecule has 21 heavy (non-hydrogen) atoms. The van der Waals surface area contributed by atoms with Crippen LogP contribution in [0.2, 0.25) is 0 Å². The molecule has 0 aliphatic heterocycles. The van der Waals surface area contributed by atoms with Crippen molar-refractivity contribution >= 4 is 5.97 Å². The number of aliphatic hydroxyl groups is 1. The van der Waals surface area contributed by atoms with E-state index in [-0.39, 0.29) is 0 Å². The Balaban J connectivity index is 3.19. The number of hydrogen-bond acceptors (Lipinski definition) is 2. The van der Waals surface area contributed by atoms with E-state index in [1.807, 2.05) is 0 Å². The Morgan fingerprint density at radius 3 is 1.67 bits per heavy atom. The first-order chi connectivity index (χ1) is 10.3. The molecule has 0 aliphatic rings. The molecule has 0 heterocycles. The van der Waals surface area contributed by atoms with E-state index in [1.54, 1.807) is 0 Å². The van der Waals surface area contributed by atoms with Crippen LogP contribution in [0, 0.1) is 0 Å². The lowest BCUT2D eigenvalue weighted by Gasteiger charge is -1.96. The van der Waals surface area contributed by atoms with Crippen molar-refractivity contribution in [1.82, 2.24) is 0 Å². The summed E-state index contributed by atoms with van der Waals surface area (Å²) in [5, 5.41) is 17.1. The van der Waals surface area contributed by atoms with Crippen LogP contribution in [-0.4, -0.2) is 22.8 Å². The van der Waals surface area contributed by atoms with Crippen molar-refractivity contribution in [1.29, 1.82) is 0 Å². The van der Waals surface area contributed by atoms with Crippen LogP contribution in [0.25, 0.3) is 0 Å². The molecule has 0 atom stereocenters. The maximum atomic E-state index is 10.3. The maximum absolute atomic E-state index is 10.3. The summed E-state index contributed by atoms with van der Waals surface area (Å²) in [5.41, 5.74) is 0. The monoisotopic (exact) mass is 296 g/mol. The molecule has 0 unspecified atom stereocenters. The van der Waals surface area contributed by atoms with Gasteiger partial charge in [0.2, 0.25) is 0 Å². The van der Waals surface area contributed by atoms with Crippen molar-refractivity contribution in [2.24, 2.45) is 0 Å². The number of allylic oxidation sites excluding steroid dienone is 4. The fraction of sp³-hybridized carbons (Fsp3) is 0.722. The van der Waals surface area contributed by atoms with E-state index in [4.69, 9.17) is 10.2 Å². The van der Waals surface area contributed by atoms with Crippen molar-refractivity contribution in [3.8, 4) is 0 Å². The predicted molar refractivity (Wildman–Crippen MR) is 88.4 cm³/mol. The number of rotatable bonds is 15. The highest BCUT2D eigenvalue weighted by Crippen LogP contribution is 2.06. The first-order valence-electron chi connectivity index (χ1n) is 8.40. The lowest BCUT2D eigenvalue weighted by molar-refractivity contribution is -0.137. The number of carboxylic acids is 1. The number of hydrogen-bond donors (Lipinski definition) is 2. The summed E-state index contributed by atoms with van der Waals surface area (Å²) >= 11 is 0. The van der Waals surface area contributed by atoms with Gasteiger partial charge in [-0.25, -0.2) is 0 Å². The highest BCUT2D eigenvalue weighted by atomic mass is 16.4. The van der Waals surface area contributed by atoms with Gasteiger partial charge in [-0.1, -0.05) is 43.6 Å². The van der Waals surface area contributed by atoms with Crippen LogP contribution in [-0.2, 0) is 4.79 Å². The van der Waals surface area contributed by atoms with E-state index in [1.165, 1.54) is 12.8 Å². The summed E-state index contributed by atoms with van der Waals surface area (Å²) in [6.07, 6.45) is 21.1. The van der Waals surface area contributed by atoms with E-state index >= 15 is 0 Å². The Morgan fingerprint density at radius 1 is 0.667 bits per heavy atom. The second-order valence-electron chi connectivity index (χ2n) is 5.44. The molecule has 122 valence electrons. The minimum absolute atomic E-state index is 0.300. The van der Waals surface area contributed by atoms with Crippen LogP contribution in [0.3, 0.4) is 0 Å². The van der Waals surface area contributed by atoms with Crippen molar-refractivity contribution in [2.45, 2.75) is 77.0 Å². The van der Waals surface area contributed by atoms with Gasteiger partial charge in [0.1, 0.15) is 0 Å². The molecule has 0 rings (SSSR count). The van der Waals surface area contributed by atoms with Crippen molar-refractivity contribution < 1.29 is 15.0 Å². The third-order valence-electron chi connectivity index (χ3n) is 3.37. The average Bonchev–Trinajstić information content (AvgIpc) is 2.46. The molecule has 2 N–H and O–H groups in total. The third kappa shape index (κ3) is 18.9. The Morgan fingerprint density at radius 2 is 1.14 bits per heavy atom. The van der Waals surface area contributed by atoms with E-state index in [2.05, 4.69) is 24.3 Å². The Hall–Kier alpha value is -1.09. The molecule has 0 saturated heterocycles. The number of aliphatic hydroxyl groups excluding tert-OH is 1.